The molecule has 0 radical (unpaired) electrons. The number of sulfonamides is 1. The summed E-state index contributed by atoms with van der Waals surface area (Å²) in [6.07, 6.45) is 0.718. The standard InChI is InChI=1S/C12H20Cl2N2O2S2/c1-4-5-16(8-12(2,3)7-15)20(17,18)9-6-10(13)19-11(9)14/h6H,4-5,7-8,15H2,1-3H3. The van der Waals surface area contributed by atoms with Gasteiger partial charge in [-0.25, -0.2) is 8.42 Å². The van der Waals surface area contributed by atoms with Gasteiger partial charge in [0.2, 0.25) is 10.0 Å². The molecule has 1 rings (SSSR count). The van der Waals surface area contributed by atoms with E-state index in [2.05, 4.69) is 0 Å². The lowest BCUT2D eigenvalue weighted by Gasteiger charge is -2.30. The molecule has 4 nitrogen and oxygen atoms in total. The molecule has 0 aliphatic heterocycles. The van der Waals surface area contributed by atoms with Gasteiger partial charge < -0.3 is 5.73 Å². The molecule has 8 heteroatoms. The summed E-state index contributed by atoms with van der Waals surface area (Å²) in [4.78, 5) is 0.0791. The summed E-state index contributed by atoms with van der Waals surface area (Å²) in [6.45, 7) is 6.99. The van der Waals surface area contributed by atoms with Crippen LogP contribution in [0.15, 0.2) is 11.0 Å². The SMILES string of the molecule is CCCN(CC(C)(C)CN)S(=O)(=O)c1cc(Cl)sc1Cl. The molecule has 20 heavy (non-hydrogen) atoms. The lowest BCUT2D eigenvalue weighted by Crippen LogP contribution is -2.42. The van der Waals surface area contributed by atoms with Crippen LogP contribution in [0, 0.1) is 5.41 Å². The zero-order valence-corrected chi connectivity index (χ0v) is 15.0. The maximum absolute atomic E-state index is 12.7. The highest BCUT2D eigenvalue weighted by Crippen LogP contribution is 2.36. The van der Waals surface area contributed by atoms with Gasteiger partial charge in [-0.15, -0.1) is 11.3 Å². The van der Waals surface area contributed by atoms with Crippen molar-refractivity contribution in [2.75, 3.05) is 19.6 Å². The van der Waals surface area contributed by atoms with Crippen molar-refractivity contribution in [3.8, 4) is 0 Å². The molecule has 0 unspecified atom stereocenters. The number of hydrogen-bond acceptors (Lipinski definition) is 4. The van der Waals surface area contributed by atoms with Crippen molar-refractivity contribution in [3.05, 3.63) is 14.7 Å². The van der Waals surface area contributed by atoms with Crippen LogP contribution in [0.25, 0.3) is 0 Å². The number of nitrogens with zero attached hydrogens (tertiary/aromatic N) is 1. The Hall–Kier alpha value is 0.150. The third kappa shape index (κ3) is 4.32. The monoisotopic (exact) mass is 358 g/mol. The Bertz CT molecular complexity index is 556. The summed E-state index contributed by atoms with van der Waals surface area (Å²) in [5.41, 5.74) is 5.40. The van der Waals surface area contributed by atoms with Crippen LogP contribution in [0.4, 0.5) is 0 Å². The Morgan fingerprint density at radius 3 is 2.40 bits per heavy atom. The lowest BCUT2D eigenvalue weighted by atomic mass is 9.94. The Morgan fingerprint density at radius 2 is 2.00 bits per heavy atom. The fraction of sp³-hybridized carbons (Fsp3) is 0.667. The van der Waals surface area contributed by atoms with Gasteiger partial charge in [-0.05, 0) is 24.4 Å². The highest BCUT2D eigenvalue weighted by Gasteiger charge is 2.32. The van der Waals surface area contributed by atoms with Gasteiger partial charge in [0.05, 0.1) is 4.34 Å². The predicted molar refractivity (Wildman–Crippen MR) is 86.2 cm³/mol. The topological polar surface area (TPSA) is 63.4 Å². The number of nitrogens with two attached hydrogens (primary N) is 1. The number of thiophene rings is 1. The van der Waals surface area contributed by atoms with Crippen molar-refractivity contribution in [3.63, 3.8) is 0 Å². The highest BCUT2D eigenvalue weighted by molar-refractivity contribution is 7.89. The average Bonchev–Trinajstić information content (AvgIpc) is 2.68. The van der Waals surface area contributed by atoms with E-state index in [9.17, 15) is 8.42 Å². The van der Waals surface area contributed by atoms with Gasteiger partial charge in [0.1, 0.15) is 9.23 Å². The summed E-state index contributed by atoms with van der Waals surface area (Å²) in [5.74, 6) is 0. The molecular weight excluding hydrogens is 339 g/mol. The van der Waals surface area contributed by atoms with E-state index in [0.717, 1.165) is 17.8 Å². The predicted octanol–water partition coefficient (Wildman–Crippen LogP) is 3.44. The highest BCUT2D eigenvalue weighted by atomic mass is 35.5. The van der Waals surface area contributed by atoms with Crippen molar-refractivity contribution < 1.29 is 8.42 Å². The first-order valence-electron chi connectivity index (χ1n) is 6.29. The summed E-state index contributed by atoms with van der Waals surface area (Å²) in [7, 11) is -3.64. The van der Waals surface area contributed by atoms with Gasteiger partial charge in [-0.3, -0.25) is 0 Å². The van der Waals surface area contributed by atoms with Crippen LogP contribution in [0.1, 0.15) is 27.2 Å². The second-order valence-electron chi connectivity index (χ2n) is 5.40. The fourth-order valence-electron chi connectivity index (χ4n) is 1.72. The van der Waals surface area contributed by atoms with E-state index in [1.165, 1.54) is 10.4 Å². The van der Waals surface area contributed by atoms with E-state index < -0.39 is 10.0 Å². The van der Waals surface area contributed by atoms with Gasteiger partial charge in [0.15, 0.2) is 0 Å². The van der Waals surface area contributed by atoms with Crippen LogP contribution in [0.2, 0.25) is 8.67 Å². The Labute approximate surface area is 134 Å². The molecule has 0 atom stereocenters. The molecular formula is C12H20Cl2N2O2S2. The largest absolute Gasteiger partial charge is 0.330 e. The van der Waals surface area contributed by atoms with E-state index in [0.29, 0.717) is 24.0 Å². The Kier molecular flexibility index (Phi) is 6.32. The molecule has 0 fully saturated rings. The Morgan fingerprint density at radius 1 is 1.40 bits per heavy atom. The quantitative estimate of drug-likeness (QED) is 0.811. The molecule has 0 aliphatic rings. The smallest absolute Gasteiger partial charge is 0.245 e. The van der Waals surface area contributed by atoms with E-state index in [4.69, 9.17) is 28.9 Å². The molecule has 0 aromatic carbocycles. The second-order valence-corrected chi connectivity index (χ2v) is 9.59. The average molecular weight is 359 g/mol. The van der Waals surface area contributed by atoms with Gasteiger partial charge in [0.25, 0.3) is 0 Å². The van der Waals surface area contributed by atoms with Gasteiger partial charge in [0, 0.05) is 13.1 Å². The van der Waals surface area contributed by atoms with Crippen molar-refractivity contribution in [1.29, 1.82) is 0 Å². The van der Waals surface area contributed by atoms with Crippen LogP contribution in [-0.2, 0) is 10.0 Å². The molecule has 1 aromatic heterocycles. The first-order valence-corrected chi connectivity index (χ1v) is 9.30. The first-order chi connectivity index (χ1) is 9.14. The Balaban J connectivity index is 3.16. The minimum atomic E-state index is -3.64. The molecule has 0 spiro atoms. The normalized spacial score (nSPS) is 13.2. The number of rotatable bonds is 7. The van der Waals surface area contributed by atoms with Gasteiger partial charge in [-0.2, -0.15) is 4.31 Å². The van der Waals surface area contributed by atoms with E-state index in [1.54, 1.807) is 0 Å². The summed E-state index contributed by atoms with van der Waals surface area (Å²) in [6, 6.07) is 1.40. The first kappa shape index (κ1) is 18.2. The molecule has 0 aliphatic carbocycles. The maximum atomic E-state index is 12.7. The molecule has 0 saturated carbocycles. The zero-order valence-electron chi connectivity index (χ0n) is 11.8. The van der Waals surface area contributed by atoms with Gasteiger partial charge in [-0.1, -0.05) is 44.0 Å². The molecule has 0 amide bonds. The van der Waals surface area contributed by atoms with Crippen LogP contribution < -0.4 is 5.73 Å². The van der Waals surface area contributed by atoms with Gasteiger partial charge >= 0.3 is 0 Å². The minimum absolute atomic E-state index is 0.0791. The van der Waals surface area contributed by atoms with Crippen molar-refractivity contribution in [1.82, 2.24) is 4.31 Å². The fourth-order valence-corrected chi connectivity index (χ4v) is 5.55. The number of hydrogen-bond donors (Lipinski definition) is 1. The number of halogens is 2. The minimum Gasteiger partial charge on any atom is -0.330 e. The summed E-state index contributed by atoms with van der Waals surface area (Å²) < 4.78 is 27.4. The van der Waals surface area contributed by atoms with Crippen LogP contribution in [-0.4, -0.2) is 32.4 Å². The summed E-state index contributed by atoms with van der Waals surface area (Å²) in [5, 5.41) is 0. The molecule has 116 valence electrons. The van der Waals surface area contributed by atoms with E-state index in [-0.39, 0.29) is 14.6 Å². The molecule has 0 saturated heterocycles. The summed E-state index contributed by atoms with van der Waals surface area (Å²) >= 11 is 12.9. The van der Waals surface area contributed by atoms with Crippen LogP contribution >= 0.6 is 34.5 Å². The van der Waals surface area contributed by atoms with Crippen molar-refractivity contribution in [2.45, 2.75) is 32.1 Å². The van der Waals surface area contributed by atoms with Crippen molar-refractivity contribution in [2.24, 2.45) is 11.1 Å². The lowest BCUT2D eigenvalue weighted by molar-refractivity contribution is 0.266. The molecule has 0 bridgehead atoms. The zero-order chi connectivity index (χ0) is 15.6. The maximum Gasteiger partial charge on any atom is 0.245 e. The van der Waals surface area contributed by atoms with E-state index in [1.807, 2.05) is 20.8 Å². The van der Waals surface area contributed by atoms with Crippen molar-refractivity contribution >= 4 is 44.6 Å². The molecule has 1 heterocycles. The third-order valence-corrected chi connectivity index (χ3v) is 6.47. The second kappa shape index (κ2) is 6.94. The van der Waals surface area contributed by atoms with Crippen LogP contribution in [0.3, 0.4) is 0 Å². The van der Waals surface area contributed by atoms with E-state index >= 15 is 0 Å². The third-order valence-electron chi connectivity index (χ3n) is 2.87. The molecule has 1 aromatic rings. The van der Waals surface area contributed by atoms with Crippen LogP contribution in [0.5, 0.6) is 0 Å². The molecule has 2 N–H and O–H groups in total.